The first-order chi connectivity index (χ1) is 13.4. The lowest BCUT2D eigenvalue weighted by Gasteiger charge is -2.41. The van der Waals surface area contributed by atoms with Crippen molar-refractivity contribution in [3.8, 4) is 0 Å². The van der Waals surface area contributed by atoms with E-state index in [0.717, 1.165) is 17.5 Å². The van der Waals surface area contributed by atoms with Crippen molar-refractivity contribution in [3.05, 3.63) is 71.8 Å². The van der Waals surface area contributed by atoms with Crippen molar-refractivity contribution in [1.82, 2.24) is 4.90 Å². The van der Waals surface area contributed by atoms with E-state index in [2.05, 4.69) is 24.3 Å². The van der Waals surface area contributed by atoms with Crippen molar-refractivity contribution in [2.45, 2.75) is 51.0 Å². The monoisotopic (exact) mass is 382 g/mol. The summed E-state index contributed by atoms with van der Waals surface area (Å²) < 4.78 is 11.6. The summed E-state index contributed by atoms with van der Waals surface area (Å²) in [4.78, 5) is 14.4. The molecule has 1 amide bonds. The smallest absolute Gasteiger partial charge is 0.412 e. The summed E-state index contributed by atoms with van der Waals surface area (Å²) in [5.41, 5.74) is 8.40. The van der Waals surface area contributed by atoms with Gasteiger partial charge in [0.05, 0.1) is 12.6 Å². The van der Waals surface area contributed by atoms with Crippen molar-refractivity contribution in [1.29, 1.82) is 0 Å². The maximum absolute atomic E-state index is 12.8. The third-order valence-corrected chi connectivity index (χ3v) is 4.80. The highest BCUT2D eigenvalue weighted by Gasteiger charge is 2.39. The summed E-state index contributed by atoms with van der Waals surface area (Å²) in [5, 5.41) is 0. The molecule has 1 saturated heterocycles. The summed E-state index contributed by atoms with van der Waals surface area (Å²) in [6.07, 6.45) is -0.161. The van der Waals surface area contributed by atoms with Gasteiger partial charge in [-0.25, -0.2) is 4.79 Å². The maximum atomic E-state index is 12.8. The summed E-state index contributed by atoms with van der Waals surface area (Å²) in [6.45, 7) is 6.74. The number of hydrogen-bond acceptors (Lipinski definition) is 4. The first-order valence-electron chi connectivity index (χ1n) is 9.83. The Morgan fingerprint density at radius 2 is 1.61 bits per heavy atom. The molecule has 0 aromatic heterocycles. The molecule has 5 nitrogen and oxygen atoms in total. The van der Waals surface area contributed by atoms with Crippen LogP contribution >= 0.6 is 0 Å². The number of amides is 1. The van der Waals surface area contributed by atoms with Crippen molar-refractivity contribution < 1.29 is 14.3 Å². The molecule has 0 radical (unpaired) electrons. The van der Waals surface area contributed by atoms with Gasteiger partial charge in [0.1, 0.15) is 5.60 Å². The Kier molecular flexibility index (Phi) is 6.37. The van der Waals surface area contributed by atoms with E-state index in [4.69, 9.17) is 15.2 Å². The molecule has 150 valence electrons. The lowest BCUT2D eigenvalue weighted by atomic mass is 9.84. The Balaban J connectivity index is 1.92. The van der Waals surface area contributed by atoms with Gasteiger partial charge in [0.25, 0.3) is 0 Å². The SMILES string of the molecule is CC(C)(C)OC(=O)N1CCCOC1[C@@H](N)C(c1ccccc1)c1ccccc1. The Hall–Kier alpha value is -2.37. The van der Waals surface area contributed by atoms with Crippen LogP contribution in [0.25, 0.3) is 0 Å². The molecule has 1 aliphatic rings. The van der Waals surface area contributed by atoms with E-state index in [0.29, 0.717) is 13.2 Å². The van der Waals surface area contributed by atoms with Crippen LogP contribution in [-0.4, -0.2) is 42.0 Å². The lowest BCUT2D eigenvalue weighted by molar-refractivity contribution is -0.108. The second-order valence-electron chi connectivity index (χ2n) is 8.17. The Morgan fingerprint density at radius 1 is 1.07 bits per heavy atom. The normalized spacial score (nSPS) is 18.8. The molecule has 0 saturated carbocycles. The number of nitrogens with two attached hydrogens (primary N) is 1. The fourth-order valence-corrected chi connectivity index (χ4v) is 3.61. The van der Waals surface area contributed by atoms with Crippen molar-refractivity contribution in [2.24, 2.45) is 5.73 Å². The third kappa shape index (κ3) is 4.91. The van der Waals surface area contributed by atoms with Gasteiger partial charge in [-0.3, -0.25) is 4.90 Å². The first kappa shape index (κ1) is 20.4. The fourth-order valence-electron chi connectivity index (χ4n) is 3.61. The molecule has 2 N–H and O–H groups in total. The molecule has 5 heteroatoms. The average Bonchev–Trinajstić information content (AvgIpc) is 2.68. The quantitative estimate of drug-likeness (QED) is 0.863. The zero-order valence-corrected chi connectivity index (χ0v) is 16.9. The zero-order chi connectivity index (χ0) is 20.1. The topological polar surface area (TPSA) is 64.8 Å². The van der Waals surface area contributed by atoms with E-state index >= 15 is 0 Å². The highest BCUT2D eigenvalue weighted by Crippen LogP contribution is 2.31. The van der Waals surface area contributed by atoms with Crippen LogP contribution in [0.2, 0.25) is 0 Å². The minimum Gasteiger partial charge on any atom is -0.444 e. The van der Waals surface area contributed by atoms with E-state index < -0.39 is 17.9 Å². The molecular weight excluding hydrogens is 352 g/mol. The number of carbonyl (C=O) groups is 1. The Bertz CT molecular complexity index is 719. The molecule has 3 rings (SSSR count). The zero-order valence-electron chi connectivity index (χ0n) is 16.9. The predicted octanol–water partition coefficient (Wildman–Crippen LogP) is 4.13. The van der Waals surface area contributed by atoms with Crippen LogP contribution in [0.5, 0.6) is 0 Å². The summed E-state index contributed by atoms with van der Waals surface area (Å²) >= 11 is 0. The van der Waals surface area contributed by atoms with Gasteiger partial charge >= 0.3 is 6.09 Å². The van der Waals surface area contributed by atoms with Gasteiger partial charge in [-0.2, -0.15) is 0 Å². The molecular formula is C23H30N2O3. The third-order valence-electron chi connectivity index (χ3n) is 4.80. The van der Waals surface area contributed by atoms with Crippen LogP contribution < -0.4 is 5.73 Å². The second kappa shape index (κ2) is 8.76. The van der Waals surface area contributed by atoms with Crippen LogP contribution in [0.15, 0.2) is 60.7 Å². The van der Waals surface area contributed by atoms with E-state index in [1.807, 2.05) is 57.2 Å². The number of hydrogen-bond donors (Lipinski definition) is 1. The number of nitrogens with zero attached hydrogens (tertiary/aromatic N) is 1. The number of carbonyl (C=O) groups excluding carboxylic acids is 1. The van der Waals surface area contributed by atoms with Crippen LogP contribution in [0, 0.1) is 0 Å². The fraction of sp³-hybridized carbons (Fsp3) is 0.435. The van der Waals surface area contributed by atoms with Gasteiger partial charge in [0.15, 0.2) is 6.23 Å². The van der Waals surface area contributed by atoms with Crippen molar-refractivity contribution >= 4 is 6.09 Å². The van der Waals surface area contributed by atoms with E-state index in [-0.39, 0.29) is 12.0 Å². The minimum absolute atomic E-state index is 0.101. The van der Waals surface area contributed by atoms with Crippen LogP contribution in [0.4, 0.5) is 4.79 Å². The number of rotatable bonds is 4. The molecule has 1 fully saturated rings. The Labute approximate surface area is 167 Å². The van der Waals surface area contributed by atoms with Gasteiger partial charge in [0.2, 0.25) is 0 Å². The molecule has 28 heavy (non-hydrogen) atoms. The molecule has 0 spiro atoms. The van der Waals surface area contributed by atoms with E-state index in [9.17, 15) is 4.79 Å². The molecule has 1 heterocycles. The van der Waals surface area contributed by atoms with Gasteiger partial charge in [-0.1, -0.05) is 60.7 Å². The van der Waals surface area contributed by atoms with Crippen LogP contribution in [0.1, 0.15) is 44.2 Å². The largest absolute Gasteiger partial charge is 0.444 e. The maximum Gasteiger partial charge on any atom is 0.412 e. The van der Waals surface area contributed by atoms with E-state index in [1.165, 1.54) is 0 Å². The highest BCUT2D eigenvalue weighted by molar-refractivity contribution is 5.68. The van der Waals surface area contributed by atoms with Gasteiger partial charge in [-0.15, -0.1) is 0 Å². The second-order valence-corrected chi connectivity index (χ2v) is 8.17. The summed E-state index contributed by atoms with van der Waals surface area (Å²) in [5.74, 6) is -0.101. The molecule has 2 aromatic carbocycles. The van der Waals surface area contributed by atoms with Gasteiger partial charge in [0, 0.05) is 12.5 Å². The molecule has 0 bridgehead atoms. The molecule has 0 aliphatic carbocycles. The molecule has 1 unspecified atom stereocenters. The highest BCUT2D eigenvalue weighted by atomic mass is 16.6. The van der Waals surface area contributed by atoms with Crippen molar-refractivity contribution in [3.63, 3.8) is 0 Å². The molecule has 2 aromatic rings. The molecule has 2 atom stereocenters. The predicted molar refractivity (Wildman–Crippen MR) is 110 cm³/mol. The molecule has 1 aliphatic heterocycles. The minimum atomic E-state index is -0.568. The van der Waals surface area contributed by atoms with Crippen molar-refractivity contribution in [2.75, 3.05) is 13.2 Å². The van der Waals surface area contributed by atoms with Gasteiger partial charge < -0.3 is 15.2 Å². The van der Waals surface area contributed by atoms with E-state index in [1.54, 1.807) is 4.90 Å². The number of benzene rings is 2. The average molecular weight is 383 g/mol. The van der Waals surface area contributed by atoms with Gasteiger partial charge in [-0.05, 0) is 38.3 Å². The standard InChI is InChI=1S/C23H30N2O3/c1-23(2,3)28-22(26)25-15-10-16-27-21(25)20(24)19(17-11-6-4-7-12-17)18-13-8-5-9-14-18/h4-9,11-14,19-21H,10,15-16,24H2,1-3H3/t20-,21?/m0/s1. The number of ether oxygens (including phenoxy) is 2. The first-order valence-corrected chi connectivity index (χ1v) is 9.83. The lowest BCUT2D eigenvalue weighted by Crippen LogP contribution is -2.57. The Morgan fingerprint density at radius 3 is 2.11 bits per heavy atom. The summed E-state index contributed by atoms with van der Waals surface area (Å²) in [6, 6.07) is 19.8. The van der Waals surface area contributed by atoms with Crippen LogP contribution in [0.3, 0.4) is 0 Å². The summed E-state index contributed by atoms with van der Waals surface area (Å²) in [7, 11) is 0. The van der Waals surface area contributed by atoms with Crippen LogP contribution in [-0.2, 0) is 9.47 Å².